The number of imidazole rings is 1. The number of benzene rings is 1. The first-order chi connectivity index (χ1) is 14.6. The van der Waals surface area contributed by atoms with Crippen molar-refractivity contribution in [1.29, 1.82) is 0 Å². The molecule has 1 N–H and O–H groups in total. The topological polar surface area (TPSA) is 62.8 Å². The van der Waals surface area contributed by atoms with Crippen LogP contribution < -0.4 is 5.32 Å². The van der Waals surface area contributed by atoms with Crippen molar-refractivity contribution in [2.45, 2.75) is 19.9 Å². The predicted octanol–water partition coefficient (Wildman–Crippen LogP) is 3.08. The van der Waals surface area contributed by atoms with Gasteiger partial charge in [-0.05, 0) is 30.7 Å². The van der Waals surface area contributed by atoms with Crippen LogP contribution in [0.3, 0.4) is 0 Å². The first-order valence-electron chi connectivity index (χ1n) is 10.1. The van der Waals surface area contributed by atoms with E-state index in [1.165, 1.54) is 5.56 Å². The van der Waals surface area contributed by atoms with Crippen molar-refractivity contribution in [3.8, 4) is 5.69 Å². The molecule has 154 valence electrons. The van der Waals surface area contributed by atoms with Gasteiger partial charge in [0.25, 0.3) is 0 Å². The summed E-state index contributed by atoms with van der Waals surface area (Å²) in [5.41, 5.74) is 5.45. The van der Waals surface area contributed by atoms with Crippen LogP contribution in [-0.4, -0.2) is 50.7 Å². The Kier molecular flexibility index (Phi) is 5.79. The summed E-state index contributed by atoms with van der Waals surface area (Å²) in [4.78, 5) is 11.3. The van der Waals surface area contributed by atoms with Crippen LogP contribution >= 0.6 is 0 Å². The lowest BCUT2D eigenvalue weighted by Gasteiger charge is -2.21. The van der Waals surface area contributed by atoms with E-state index in [4.69, 9.17) is 4.98 Å². The maximum atomic E-state index is 4.74. The van der Waals surface area contributed by atoms with E-state index in [1.54, 1.807) is 7.05 Å². The molecule has 0 fully saturated rings. The van der Waals surface area contributed by atoms with E-state index in [0.717, 1.165) is 48.1 Å². The molecule has 0 bridgehead atoms. The zero-order valence-electron chi connectivity index (χ0n) is 17.7. The third-order valence-electron chi connectivity index (χ3n) is 5.04. The molecule has 0 unspecified atom stereocenters. The van der Waals surface area contributed by atoms with E-state index in [1.807, 2.05) is 60.5 Å². The van der Waals surface area contributed by atoms with Gasteiger partial charge in [0.05, 0.1) is 17.6 Å². The van der Waals surface area contributed by atoms with Crippen LogP contribution in [0.1, 0.15) is 16.8 Å². The third-order valence-corrected chi connectivity index (χ3v) is 5.04. The summed E-state index contributed by atoms with van der Waals surface area (Å²) in [6, 6.07) is 14.2. The molecule has 3 heterocycles. The summed E-state index contributed by atoms with van der Waals surface area (Å²) in [6.45, 7) is 3.57. The summed E-state index contributed by atoms with van der Waals surface area (Å²) < 4.78 is 3.97. The zero-order valence-corrected chi connectivity index (χ0v) is 17.7. The average molecular weight is 402 g/mol. The van der Waals surface area contributed by atoms with E-state index in [2.05, 4.69) is 50.1 Å². The van der Waals surface area contributed by atoms with Crippen molar-refractivity contribution in [2.75, 3.05) is 20.6 Å². The van der Waals surface area contributed by atoms with Gasteiger partial charge in [-0.15, -0.1) is 0 Å². The molecule has 7 heteroatoms. The Morgan fingerprint density at radius 2 is 1.97 bits per heavy atom. The number of aliphatic imine (C=N–C) groups is 1. The molecule has 0 amide bonds. The molecular formula is C23H27N7. The molecular weight excluding hydrogens is 374 g/mol. The standard InChI is InChI=1S/C23H27N7/c1-18-8-7-13-29-17-20(27-22(18)29)11-12-25-23(24-2)28(3)15-19-14-26-30(16-19)21-9-5-4-6-10-21/h4-10,13-14,16-17H,11-12,15H2,1-3H3,(H,24,25). The van der Waals surface area contributed by atoms with E-state index in [-0.39, 0.29) is 0 Å². The Labute approximate surface area is 176 Å². The molecule has 0 saturated carbocycles. The summed E-state index contributed by atoms with van der Waals surface area (Å²) >= 11 is 0. The Balaban J connectivity index is 1.33. The van der Waals surface area contributed by atoms with Crippen molar-refractivity contribution < 1.29 is 0 Å². The smallest absolute Gasteiger partial charge is 0.193 e. The van der Waals surface area contributed by atoms with Crippen LogP contribution in [0.2, 0.25) is 0 Å². The summed E-state index contributed by atoms with van der Waals surface area (Å²) in [5, 5.41) is 7.91. The minimum atomic E-state index is 0.722. The SMILES string of the molecule is CN=C(NCCc1cn2cccc(C)c2n1)N(C)Cc1cnn(-c2ccccc2)c1. The highest BCUT2D eigenvalue weighted by molar-refractivity contribution is 5.79. The highest BCUT2D eigenvalue weighted by Crippen LogP contribution is 2.11. The predicted molar refractivity (Wildman–Crippen MR) is 120 cm³/mol. The van der Waals surface area contributed by atoms with Crippen molar-refractivity contribution in [3.63, 3.8) is 0 Å². The Morgan fingerprint density at radius 1 is 1.13 bits per heavy atom. The molecule has 0 spiro atoms. The molecule has 0 atom stereocenters. The molecule has 0 aliphatic carbocycles. The van der Waals surface area contributed by atoms with Crippen LogP contribution in [0.4, 0.5) is 0 Å². The van der Waals surface area contributed by atoms with E-state index >= 15 is 0 Å². The average Bonchev–Trinajstić information content (AvgIpc) is 3.39. The number of hydrogen-bond donors (Lipinski definition) is 1. The fraction of sp³-hybridized carbons (Fsp3) is 0.261. The monoisotopic (exact) mass is 401 g/mol. The van der Waals surface area contributed by atoms with Gasteiger partial charge in [0, 0.05) is 57.8 Å². The summed E-state index contributed by atoms with van der Waals surface area (Å²) in [7, 11) is 3.84. The molecule has 0 radical (unpaired) electrons. The minimum absolute atomic E-state index is 0.722. The molecule has 30 heavy (non-hydrogen) atoms. The lowest BCUT2D eigenvalue weighted by atomic mass is 10.3. The first-order valence-corrected chi connectivity index (χ1v) is 10.1. The Morgan fingerprint density at radius 3 is 2.73 bits per heavy atom. The second-order valence-corrected chi connectivity index (χ2v) is 7.36. The number of guanidine groups is 1. The maximum absolute atomic E-state index is 4.74. The molecule has 7 nitrogen and oxygen atoms in total. The highest BCUT2D eigenvalue weighted by atomic mass is 15.3. The Hall–Kier alpha value is -3.61. The lowest BCUT2D eigenvalue weighted by molar-refractivity contribution is 0.477. The molecule has 3 aromatic heterocycles. The number of nitrogens with one attached hydrogen (secondary N) is 1. The quantitative estimate of drug-likeness (QED) is 0.398. The number of aryl methyl sites for hydroxylation is 1. The van der Waals surface area contributed by atoms with Gasteiger partial charge in [-0.3, -0.25) is 4.99 Å². The fourth-order valence-corrected chi connectivity index (χ4v) is 3.52. The number of hydrogen-bond acceptors (Lipinski definition) is 3. The molecule has 1 aromatic carbocycles. The van der Waals surface area contributed by atoms with Crippen LogP contribution in [0.25, 0.3) is 11.3 Å². The van der Waals surface area contributed by atoms with E-state index in [0.29, 0.717) is 0 Å². The van der Waals surface area contributed by atoms with Crippen LogP contribution in [0, 0.1) is 6.92 Å². The first kappa shape index (κ1) is 19.7. The number of nitrogens with zero attached hydrogens (tertiary/aromatic N) is 6. The van der Waals surface area contributed by atoms with Crippen molar-refractivity contribution in [3.05, 3.63) is 84.1 Å². The van der Waals surface area contributed by atoms with Crippen molar-refractivity contribution in [2.24, 2.45) is 4.99 Å². The fourth-order valence-electron chi connectivity index (χ4n) is 3.52. The van der Waals surface area contributed by atoms with Gasteiger partial charge in [-0.1, -0.05) is 24.3 Å². The summed E-state index contributed by atoms with van der Waals surface area (Å²) in [6.07, 6.45) is 8.91. The Bertz CT molecular complexity index is 1140. The molecule has 4 rings (SSSR count). The molecule has 0 saturated heterocycles. The highest BCUT2D eigenvalue weighted by Gasteiger charge is 2.10. The summed E-state index contributed by atoms with van der Waals surface area (Å²) in [5.74, 6) is 0.849. The number of aromatic nitrogens is 4. The molecule has 4 aromatic rings. The number of fused-ring (bicyclic) bond motifs is 1. The van der Waals surface area contributed by atoms with Crippen LogP contribution in [-0.2, 0) is 13.0 Å². The van der Waals surface area contributed by atoms with Gasteiger partial charge in [0.2, 0.25) is 0 Å². The van der Waals surface area contributed by atoms with Crippen molar-refractivity contribution in [1.82, 2.24) is 29.4 Å². The third kappa shape index (κ3) is 4.35. The minimum Gasteiger partial charge on any atom is -0.356 e. The number of para-hydroxylation sites is 1. The van der Waals surface area contributed by atoms with Gasteiger partial charge in [0.1, 0.15) is 5.65 Å². The second kappa shape index (κ2) is 8.82. The van der Waals surface area contributed by atoms with E-state index in [9.17, 15) is 0 Å². The zero-order chi connectivity index (χ0) is 20.9. The van der Waals surface area contributed by atoms with Gasteiger partial charge >= 0.3 is 0 Å². The lowest BCUT2D eigenvalue weighted by Crippen LogP contribution is -2.39. The van der Waals surface area contributed by atoms with Gasteiger partial charge in [-0.2, -0.15) is 5.10 Å². The maximum Gasteiger partial charge on any atom is 0.193 e. The number of pyridine rings is 1. The second-order valence-electron chi connectivity index (χ2n) is 7.36. The van der Waals surface area contributed by atoms with Crippen LogP contribution in [0.5, 0.6) is 0 Å². The van der Waals surface area contributed by atoms with Gasteiger partial charge < -0.3 is 14.6 Å². The van der Waals surface area contributed by atoms with E-state index < -0.39 is 0 Å². The molecule has 0 aliphatic rings. The largest absolute Gasteiger partial charge is 0.356 e. The number of rotatable bonds is 6. The normalized spacial score (nSPS) is 11.8. The van der Waals surface area contributed by atoms with Crippen molar-refractivity contribution >= 4 is 11.6 Å². The molecule has 0 aliphatic heterocycles. The van der Waals surface area contributed by atoms with Gasteiger partial charge in [-0.25, -0.2) is 9.67 Å². The van der Waals surface area contributed by atoms with Gasteiger partial charge in [0.15, 0.2) is 5.96 Å². The van der Waals surface area contributed by atoms with Crippen LogP contribution in [0.15, 0.2) is 72.2 Å².